The van der Waals surface area contributed by atoms with E-state index in [0.29, 0.717) is 29.2 Å². The van der Waals surface area contributed by atoms with E-state index in [1.54, 1.807) is 48.5 Å². The maximum absolute atomic E-state index is 12.5. The smallest absolute Gasteiger partial charge is 0.269 e. The van der Waals surface area contributed by atoms with Crippen molar-refractivity contribution in [2.75, 3.05) is 11.9 Å². The number of unbranched alkanes of at least 4 members (excludes halogenated alkanes) is 1. The predicted octanol–water partition coefficient (Wildman–Crippen LogP) is 3.16. The lowest BCUT2D eigenvalue weighted by molar-refractivity contribution is -0.117. The molecule has 0 atom stereocenters. The van der Waals surface area contributed by atoms with Crippen molar-refractivity contribution in [2.45, 2.75) is 32.6 Å². The molecule has 0 spiro atoms. The van der Waals surface area contributed by atoms with E-state index in [-0.39, 0.29) is 16.9 Å². The molecule has 0 aromatic heterocycles. The highest BCUT2D eigenvalue weighted by Crippen LogP contribution is 2.30. The molecule has 0 saturated heterocycles. The van der Waals surface area contributed by atoms with E-state index in [1.165, 1.54) is 0 Å². The lowest BCUT2D eigenvalue weighted by Crippen LogP contribution is -2.48. The molecule has 32 heavy (non-hydrogen) atoms. The molecule has 3 amide bonds. The normalized spacial score (nSPS) is 12.4. The highest BCUT2D eigenvalue weighted by molar-refractivity contribution is 7.80. The zero-order chi connectivity index (χ0) is 22.9. The Bertz CT molecular complexity index is 990. The van der Waals surface area contributed by atoms with Gasteiger partial charge >= 0.3 is 0 Å². The minimum atomic E-state index is -0.445. The quantitative estimate of drug-likeness (QED) is 0.277. The first-order valence-electron chi connectivity index (χ1n) is 10.5. The second-order valence-corrected chi connectivity index (χ2v) is 7.81. The van der Waals surface area contributed by atoms with Gasteiger partial charge in [-0.1, -0.05) is 25.5 Å². The molecule has 0 aliphatic heterocycles. The summed E-state index contributed by atoms with van der Waals surface area (Å²) in [5, 5.41) is 5.28. The summed E-state index contributed by atoms with van der Waals surface area (Å²) in [6.45, 7) is 2.57. The molecule has 0 unspecified atom stereocenters. The fourth-order valence-electron chi connectivity index (χ4n) is 2.79. The zero-order valence-corrected chi connectivity index (χ0v) is 18.6. The highest BCUT2D eigenvalue weighted by Gasteiger charge is 2.29. The highest BCUT2D eigenvalue weighted by atomic mass is 32.1. The van der Waals surface area contributed by atoms with Gasteiger partial charge in [0.1, 0.15) is 5.75 Å². The van der Waals surface area contributed by atoms with Crippen molar-refractivity contribution in [3.05, 3.63) is 59.7 Å². The Morgan fingerprint density at radius 1 is 1.00 bits per heavy atom. The molecule has 4 N–H and O–H groups in total. The van der Waals surface area contributed by atoms with Gasteiger partial charge in [-0.2, -0.15) is 0 Å². The van der Waals surface area contributed by atoms with E-state index in [1.807, 2.05) is 0 Å². The molecule has 0 radical (unpaired) electrons. The van der Waals surface area contributed by atoms with Crippen molar-refractivity contribution < 1.29 is 19.1 Å². The Balaban J connectivity index is 1.47. The number of nitrogens with one attached hydrogen (secondary N) is 4. The molecule has 9 heteroatoms. The fourth-order valence-corrected chi connectivity index (χ4v) is 2.93. The Kier molecular flexibility index (Phi) is 8.15. The van der Waals surface area contributed by atoms with Gasteiger partial charge in [0.05, 0.1) is 12.2 Å². The number of thiocarbonyl (C=S) groups is 1. The van der Waals surface area contributed by atoms with Crippen LogP contribution in [-0.4, -0.2) is 29.4 Å². The van der Waals surface area contributed by atoms with Crippen LogP contribution in [0.5, 0.6) is 5.75 Å². The summed E-state index contributed by atoms with van der Waals surface area (Å²) in [5.41, 5.74) is 6.30. The first kappa shape index (κ1) is 23.2. The average molecular weight is 455 g/mol. The summed E-state index contributed by atoms with van der Waals surface area (Å²) in [7, 11) is 0. The second kappa shape index (κ2) is 11.2. The molecule has 1 aliphatic rings. The SMILES string of the molecule is CCCCOc1ccccc1C(=O)NC(=S)NNC(=O)c1ccc(NC(=O)C2CC2)cc1. The molecule has 1 saturated carbocycles. The number of ether oxygens (including phenoxy) is 1. The summed E-state index contributed by atoms with van der Waals surface area (Å²) >= 11 is 5.10. The number of hydrogen-bond acceptors (Lipinski definition) is 5. The summed E-state index contributed by atoms with van der Waals surface area (Å²) < 4.78 is 5.67. The molecule has 0 bridgehead atoms. The Labute approximate surface area is 192 Å². The fraction of sp³-hybridized carbons (Fsp3) is 0.304. The van der Waals surface area contributed by atoms with Gasteiger partial charge in [-0.15, -0.1) is 0 Å². The van der Waals surface area contributed by atoms with Gasteiger partial charge in [-0.3, -0.25) is 30.6 Å². The zero-order valence-electron chi connectivity index (χ0n) is 17.8. The summed E-state index contributed by atoms with van der Waals surface area (Å²) in [6.07, 6.45) is 3.72. The summed E-state index contributed by atoms with van der Waals surface area (Å²) in [5.74, 6) is -0.306. The van der Waals surface area contributed by atoms with Gasteiger partial charge in [-0.25, -0.2) is 0 Å². The minimum Gasteiger partial charge on any atom is -0.493 e. The maximum Gasteiger partial charge on any atom is 0.269 e. The first-order chi connectivity index (χ1) is 15.5. The molecular weight excluding hydrogens is 428 g/mol. The molecule has 2 aromatic rings. The molecule has 8 nitrogen and oxygen atoms in total. The van der Waals surface area contributed by atoms with E-state index in [9.17, 15) is 14.4 Å². The van der Waals surface area contributed by atoms with Crippen LogP contribution < -0.4 is 26.2 Å². The second-order valence-electron chi connectivity index (χ2n) is 7.40. The number of benzene rings is 2. The molecule has 1 fully saturated rings. The lowest BCUT2D eigenvalue weighted by atomic mass is 10.2. The van der Waals surface area contributed by atoms with Crippen molar-refractivity contribution >= 4 is 40.7 Å². The standard InChI is InChI=1S/C23H26N4O4S/c1-2-3-14-31-19-7-5-4-6-18(19)22(30)25-23(32)27-26-21(29)16-10-12-17(13-11-16)24-20(28)15-8-9-15/h4-7,10-13,15H,2-3,8-9,14H2,1H3,(H,24,28)(H,26,29)(H2,25,27,30,32). The van der Waals surface area contributed by atoms with Crippen molar-refractivity contribution in [1.29, 1.82) is 0 Å². The molecule has 2 aromatic carbocycles. The number of rotatable bonds is 8. The third-order valence-electron chi connectivity index (χ3n) is 4.77. The van der Waals surface area contributed by atoms with E-state index in [2.05, 4.69) is 28.4 Å². The van der Waals surface area contributed by atoms with Crippen LogP contribution in [0.2, 0.25) is 0 Å². The van der Waals surface area contributed by atoms with E-state index in [0.717, 1.165) is 25.7 Å². The van der Waals surface area contributed by atoms with Crippen LogP contribution >= 0.6 is 12.2 Å². The van der Waals surface area contributed by atoms with E-state index < -0.39 is 11.8 Å². The predicted molar refractivity (Wildman–Crippen MR) is 125 cm³/mol. The topological polar surface area (TPSA) is 109 Å². The lowest BCUT2D eigenvalue weighted by Gasteiger charge is -2.13. The van der Waals surface area contributed by atoms with E-state index >= 15 is 0 Å². The Hall–Kier alpha value is -3.46. The van der Waals surface area contributed by atoms with Crippen LogP contribution in [0.4, 0.5) is 5.69 Å². The van der Waals surface area contributed by atoms with Crippen molar-refractivity contribution in [3.8, 4) is 5.75 Å². The van der Waals surface area contributed by atoms with Crippen LogP contribution in [0.3, 0.4) is 0 Å². The Morgan fingerprint density at radius 2 is 1.72 bits per heavy atom. The minimum absolute atomic E-state index is 0.00213. The van der Waals surface area contributed by atoms with Gasteiger partial charge in [0.15, 0.2) is 5.11 Å². The monoisotopic (exact) mass is 454 g/mol. The van der Waals surface area contributed by atoms with Crippen molar-refractivity contribution in [1.82, 2.24) is 16.2 Å². The molecule has 1 aliphatic carbocycles. The van der Waals surface area contributed by atoms with Crippen LogP contribution in [0.15, 0.2) is 48.5 Å². The maximum atomic E-state index is 12.5. The summed E-state index contributed by atoms with van der Waals surface area (Å²) in [6, 6.07) is 13.4. The number of hydrogen-bond donors (Lipinski definition) is 4. The number of para-hydroxylation sites is 1. The number of hydrazine groups is 1. The van der Waals surface area contributed by atoms with E-state index in [4.69, 9.17) is 17.0 Å². The van der Waals surface area contributed by atoms with Gasteiger partial charge in [0, 0.05) is 17.2 Å². The molecule has 168 valence electrons. The third kappa shape index (κ3) is 6.78. The van der Waals surface area contributed by atoms with Crippen LogP contribution in [0, 0.1) is 5.92 Å². The number of carbonyl (C=O) groups is 3. The van der Waals surface area contributed by atoms with Gasteiger partial charge < -0.3 is 10.1 Å². The summed E-state index contributed by atoms with van der Waals surface area (Å²) in [4.78, 5) is 36.6. The molecule has 3 rings (SSSR count). The Morgan fingerprint density at radius 3 is 2.41 bits per heavy atom. The van der Waals surface area contributed by atoms with Gasteiger partial charge in [-0.05, 0) is 67.9 Å². The molecule has 0 heterocycles. The average Bonchev–Trinajstić information content (AvgIpc) is 3.64. The largest absolute Gasteiger partial charge is 0.493 e. The number of anilines is 1. The van der Waals surface area contributed by atoms with Gasteiger partial charge in [0.25, 0.3) is 11.8 Å². The number of amides is 3. The molecular formula is C23H26N4O4S. The van der Waals surface area contributed by atoms with Crippen molar-refractivity contribution in [2.24, 2.45) is 5.92 Å². The number of carbonyl (C=O) groups excluding carboxylic acids is 3. The van der Waals surface area contributed by atoms with Crippen LogP contribution in [0.25, 0.3) is 0 Å². The van der Waals surface area contributed by atoms with Crippen LogP contribution in [0.1, 0.15) is 53.3 Å². The van der Waals surface area contributed by atoms with Crippen molar-refractivity contribution in [3.63, 3.8) is 0 Å². The van der Waals surface area contributed by atoms with Crippen LogP contribution in [-0.2, 0) is 4.79 Å². The first-order valence-corrected chi connectivity index (χ1v) is 10.9. The van der Waals surface area contributed by atoms with Gasteiger partial charge in [0.2, 0.25) is 5.91 Å². The third-order valence-corrected chi connectivity index (χ3v) is 4.97.